The molecule has 112 valence electrons. The van der Waals surface area contributed by atoms with Crippen LogP contribution in [-0.2, 0) is 9.59 Å². The molecule has 0 aromatic heterocycles. The molecule has 4 bridgehead atoms. The van der Waals surface area contributed by atoms with Gasteiger partial charge in [0.05, 0.1) is 5.60 Å². The van der Waals surface area contributed by atoms with E-state index in [9.17, 15) is 19.8 Å². The van der Waals surface area contributed by atoms with E-state index in [2.05, 4.69) is 19.2 Å². The molecular formula is C15H23NO4. The Labute approximate surface area is 118 Å². The van der Waals surface area contributed by atoms with Gasteiger partial charge in [-0.05, 0) is 49.4 Å². The molecule has 0 aliphatic heterocycles. The smallest absolute Gasteiger partial charge is 0.326 e. The predicted molar refractivity (Wildman–Crippen MR) is 71.9 cm³/mol. The molecule has 5 nitrogen and oxygen atoms in total. The second-order valence-electron chi connectivity index (χ2n) is 8.32. The van der Waals surface area contributed by atoms with Crippen molar-refractivity contribution in [1.29, 1.82) is 0 Å². The summed E-state index contributed by atoms with van der Waals surface area (Å²) in [4.78, 5) is 22.4. The third kappa shape index (κ3) is 1.86. The molecule has 0 aromatic rings. The number of rotatable bonds is 4. The third-order valence-corrected chi connectivity index (χ3v) is 5.70. The van der Waals surface area contributed by atoms with Gasteiger partial charge in [-0.2, -0.15) is 0 Å². The molecule has 20 heavy (non-hydrogen) atoms. The van der Waals surface area contributed by atoms with Crippen molar-refractivity contribution >= 4 is 12.4 Å². The zero-order valence-electron chi connectivity index (χ0n) is 12.1. The molecule has 4 saturated carbocycles. The molecule has 3 N–H and O–H groups in total. The van der Waals surface area contributed by atoms with Crippen LogP contribution in [0.1, 0.15) is 52.4 Å². The van der Waals surface area contributed by atoms with Crippen LogP contribution >= 0.6 is 0 Å². The lowest BCUT2D eigenvalue weighted by atomic mass is 9.38. The lowest BCUT2D eigenvalue weighted by Gasteiger charge is -2.69. The fourth-order valence-electron chi connectivity index (χ4n) is 6.61. The first-order chi connectivity index (χ1) is 9.13. The molecule has 0 spiro atoms. The summed E-state index contributed by atoms with van der Waals surface area (Å²) in [6, 6.07) is -0.897. The summed E-state index contributed by atoms with van der Waals surface area (Å²) >= 11 is 0. The Hall–Kier alpha value is -1.10. The first-order valence-electron chi connectivity index (χ1n) is 7.28. The SMILES string of the molecule is CC12CC3(C)CC(O)(C1)CC(C(NC=O)C(=O)O)(C2)C3. The summed E-state index contributed by atoms with van der Waals surface area (Å²) in [5.74, 6) is -0.991. The van der Waals surface area contributed by atoms with Crippen LogP contribution in [-0.4, -0.2) is 34.2 Å². The van der Waals surface area contributed by atoms with Crippen molar-refractivity contribution in [3.63, 3.8) is 0 Å². The van der Waals surface area contributed by atoms with Crippen molar-refractivity contribution < 1.29 is 19.8 Å². The van der Waals surface area contributed by atoms with Gasteiger partial charge in [0.1, 0.15) is 6.04 Å². The van der Waals surface area contributed by atoms with E-state index in [1.807, 2.05) is 0 Å². The number of carbonyl (C=O) groups excluding carboxylic acids is 1. The van der Waals surface area contributed by atoms with E-state index in [-0.39, 0.29) is 10.8 Å². The molecule has 4 aliphatic rings. The van der Waals surface area contributed by atoms with Gasteiger partial charge in [-0.25, -0.2) is 4.79 Å². The molecule has 4 fully saturated rings. The van der Waals surface area contributed by atoms with Gasteiger partial charge in [-0.1, -0.05) is 13.8 Å². The van der Waals surface area contributed by atoms with Gasteiger partial charge < -0.3 is 15.5 Å². The number of carboxylic acid groups (broad SMARTS) is 1. The van der Waals surface area contributed by atoms with Gasteiger partial charge >= 0.3 is 5.97 Å². The Morgan fingerprint density at radius 3 is 2.05 bits per heavy atom. The second kappa shape index (κ2) is 3.75. The van der Waals surface area contributed by atoms with E-state index >= 15 is 0 Å². The number of amides is 1. The standard InChI is InChI=1S/C15H23NO4/c1-12-3-13(2)5-14(4-12,8-15(20,6-12)7-13)10(11(18)19)16-9-17/h9-10,20H,3-8H2,1-2H3,(H,16,17)(H,18,19). The monoisotopic (exact) mass is 281 g/mol. The molecule has 0 saturated heterocycles. The number of hydrogen-bond acceptors (Lipinski definition) is 3. The highest BCUT2D eigenvalue weighted by Crippen LogP contribution is 2.71. The minimum atomic E-state index is -0.991. The van der Waals surface area contributed by atoms with E-state index in [1.54, 1.807) is 0 Å². The summed E-state index contributed by atoms with van der Waals surface area (Å²) in [6.07, 6.45) is 5.06. The topological polar surface area (TPSA) is 86.6 Å². The van der Waals surface area contributed by atoms with Crippen molar-refractivity contribution in [1.82, 2.24) is 5.32 Å². The maximum Gasteiger partial charge on any atom is 0.326 e. The van der Waals surface area contributed by atoms with Crippen LogP contribution in [0.2, 0.25) is 0 Å². The van der Waals surface area contributed by atoms with Gasteiger partial charge in [-0.3, -0.25) is 4.79 Å². The van der Waals surface area contributed by atoms with Crippen molar-refractivity contribution in [2.24, 2.45) is 16.2 Å². The maximum atomic E-state index is 11.6. The van der Waals surface area contributed by atoms with E-state index in [1.165, 1.54) is 0 Å². The van der Waals surface area contributed by atoms with Crippen LogP contribution in [0.15, 0.2) is 0 Å². The molecule has 5 heteroatoms. The van der Waals surface area contributed by atoms with Crippen molar-refractivity contribution in [3.05, 3.63) is 0 Å². The van der Waals surface area contributed by atoms with E-state index in [0.717, 1.165) is 32.1 Å². The molecule has 4 rings (SSSR count). The highest BCUT2D eigenvalue weighted by molar-refractivity contribution is 5.77. The van der Waals surface area contributed by atoms with Crippen LogP contribution in [0.5, 0.6) is 0 Å². The molecule has 0 aromatic carbocycles. The van der Waals surface area contributed by atoms with Gasteiger partial charge in [-0.15, -0.1) is 0 Å². The highest BCUT2D eigenvalue weighted by Gasteiger charge is 2.68. The normalized spacial score (nSPS) is 50.8. The van der Waals surface area contributed by atoms with Crippen LogP contribution in [0.25, 0.3) is 0 Å². The molecule has 3 atom stereocenters. The van der Waals surface area contributed by atoms with Crippen molar-refractivity contribution in [3.8, 4) is 0 Å². The Bertz CT molecular complexity index is 421. The van der Waals surface area contributed by atoms with E-state index in [0.29, 0.717) is 12.8 Å². The van der Waals surface area contributed by atoms with Gasteiger partial charge in [0.25, 0.3) is 0 Å². The fraction of sp³-hybridized carbons (Fsp3) is 0.867. The summed E-state index contributed by atoms with van der Waals surface area (Å²) in [6.45, 7) is 4.31. The molecule has 4 aliphatic carbocycles. The van der Waals surface area contributed by atoms with Gasteiger partial charge in [0.15, 0.2) is 0 Å². The molecule has 0 radical (unpaired) electrons. The highest BCUT2D eigenvalue weighted by atomic mass is 16.4. The first kappa shape index (κ1) is 13.9. The number of carbonyl (C=O) groups is 2. The fourth-order valence-corrected chi connectivity index (χ4v) is 6.61. The maximum absolute atomic E-state index is 11.6. The summed E-state index contributed by atoms with van der Waals surface area (Å²) in [5, 5.41) is 22.9. The van der Waals surface area contributed by atoms with Crippen molar-refractivity contribution in [2.75, 3.05) is 0 Å². The zero-order valence-corrected chi connectivity index (χ0v) is 12.1. The molecule has 3 unspecified atom stereocenters. The summed E-state index contributed by atoms with van der Waals surface area (Å²) in [5.41, 5.74) is -1.32. The Balaban J connectivity index is 2.05. The first-order valence-corrected chi connectivity index (χ1v) is 7.28. The van der Waals surface area contributed by atoms with Crippen LogP contribution in [0, 0.1) is 16.2 Å². The Kier molecular flexibility index (Phi) is 2.60. The number of aliphatic carboxylic acids is 1. The second-order valence-corrected chi connectivity index (χ2v) is 8.32. The number of nitrogens with one attached hydrogen (secondary N) is 1. The lowest BCUT2D eigenvalue weighted by Crippen LogP contribution is -2.68. The lowest BCUT2D eigenvalue weighted by molar-refractivity contribution is -0.233. The molecule has 0 heterocycles. The van der Waals surface area contributed by atoms with Crippen molar-refractivity contribution in [2.45, 2.75) is 64.0 Å². The summed E-state index contributed by atoms with van der Waals surface area (Å²) < 4.78 is 0. The Morgan fingerprint density at radius 1 is 1.10 bits per heavy atom. The van der Waals surface area contributed by atoms with E-state index in [4.69, 9.17) is 0 Å². The minimum Gasteiger partial charge on any atom is -0.480 e. The van der Waals surface area contributed by atoms with Crippen LogP contribution < -0.4 is 5.32 Å². The van der Waals surface area contributed by atoms with E-state index < -0.39 is 23.0 Å². The molecule has 1 amide bonds. The third-order valence-electron chi connectivity index (χ3n) is 5.70. The molecular weight excluding hydrogens is 258 g/mol. The largest absolute Gasteiger partial charge is 0.480 e. The predicted octanol–water partition coefficient (Wildman–Crippen LogP) is 1.30. The number of aliphatic hydroxyl groups is 1. The Morgan fingerprint density at radius 2 is 1.65 bits per heavy atom. The van der Waals surface area contributed by atoms with Crippen LogP contribution in [0.4, 0.5) is 0 Å². The van der Waals surface area contributed by atoms with Gasteiger partial charge in [0.2, 0.25) is 6.41 Å². The number of carboxylic acids is 1. The zero-order chi connectivity index (χ0) is 14.8. The number of hydrogen-bond donors (Lipinski definition) is 3. The quantitative estimate of drug-likeness (QED) is 0.678. The average Bonchev–Trinajstić information content (AvgIpc) is 2.17. The average molecular weight is 281 g/mol. The summed E-state index contributed by atoms with van der Waals surface area (Å²) in [7, 11) is 0. The van der Waals surface area contributed by atoms with Gasteiger partial charge in [0, 0.05) is 5.41 Å². The minimum absolute atomic E-state index is 0.0173. The van der Waals surface area contributed by atoms with Crippen LogP contribution in [0.3, 0.4) is 0 Å².